The zero-order valence-electron chi connectivity index (χ0n) is 16.9. The van der Waals surface area contributed by atoms with E-state index in [1.165, 1.54) is 6.07 Å². The molecule has 30 heavy (non-hydrogen) atoms. The highest BCUT2D eigenvalue weighted by atomic mass is 16.1. The highest BCUT2D eigenvalue weighted by Gasteiger charge is 2.19. The van der Waals surface area contributed by atoms with E-state index >= 15 is 0 Å². The molecular weight excluding hydrogens is 378 g/mol. The largest absolute Gasteiger partial charge is 0.355 e. The normalized spacial score (nSPS) is 14.3. The molecule has 1 aliphatic heterocycles. The number of rotatable bonds is 4. The number of nitrogens with zero attached hydrogens (tertiary/aromatic N) is 6. The van der Waals surface area contributed by atoms with Gasteiger partial charge in [0.1, 0.15) is 23.5 Å². The van der Waals surface area contributed by atoms with E-state index in [0.717, 1.165) is 55.5 Å². The van der Waals surface area contributed by atoms with Crippen molar-refractivity contribution < 1.29 is 0 Å². The molecule has 1 saturated heterocycles. The maximum absolute atomic E-state index is 11.8. The first-order valence-corrected chi connectivity index (χ1v) is 10.1. The Balaban J connectivity index is 1.50. The van der Waals surface area contributed by atoms with Gasteiger partial charge in [0.2, 0.25) is 0 Å². The van der Waals surface area contributed by atoms with Gasteiger partial charge < -0.3 is 14.8 Å². The fourth-order valence-electron chi connectivity index (χ4n) is 3.63. The monoisotopic (exact) mass is 401 g/mol. The lowest BCUT2D eigenvalue weighted by Gasteiger charge is -2.24. The Morgan fingerprint density at radius 3 is 2.73 bits per heavy atom. The first kappa shape index (κ1) is 19.6. The van der Waals surface area contributed by atoms with Crippen molar-refractivity contribution in [2.24, 2.45) is 0 Å². The van der Waals surface area contributed by atoms with Gasteiger partial charge in [-0.25, -0.2) is 15.0 Å². The smallest absolute Gasteiger partial charge is 0.251 e. The number of hydrogen-bond donors (Lipinski definition) is 1. The van der Waals surface area contributed by atoms with Crippen LogP contribution >= 0.6 is 0 Å². The predicted molar refractivity (Wildman–Crippen MR) is 115 cm³/mol. The summed E-state index contributed by atoms with van der Waals surface area (Å²) >= 11 is 0. The molecule has 0 radical (unpaired) electrons. The lowest BCUT2D eigenvalue weighted by Crippen LogP contribution is -2.31. The molecule has 3 aromatic rings. The summed E-state index contributed by atoms with van der Waals surface area (Å²) in [6.07, 6.45) is 5.13. The quantitative estimate of drug-likeness (QED) is 0.716. The van der Waals surface area contributed by atoms with Gasteiger partial charge in [0.25, 0.3) is 5.56 Å². The van der Waals surface area contributed by atoms with Crippen LogP contribution in [0.3, 0.4) is 0 Å². The molecule has 4 heterocycles. The number of nitrogens with one attached hydrogen (secondary N) is 1. The lowest BCUT2D eigenvalue weighted by atomic mass is 10.2. The fraction of sp³-hybridized carbons (Fsp3) is 0.318. The van der Waals surface area contributed by atoms with Gasteiger partial charge >= 0.3 is 0 Å². The molecule has 1 aliphatic rings. The fourth-order valence-corrected chi connectivity index (χ4v) is 3.63. The second kappa shape index (κ2) is 8.74. The van der Waals surface area contributed by atoms with Crippen LogP contribution in [-0.4, -0.2) is 46.1 Å². The minimum Gasteiger partial charge on any atom is -0.355 e. The summed E-state index contributed by atoms with van der Waals surface area (Å²) in [6.45, 7) is 5.24. The van der Waals surface area contributed by atoms with Crippen LogP contribution in [0.15, 0.2) is 47.5 Å². The van der Waals surface area contributed by atoms with Crippen LogP contribution < -0.4 is 15.4 Å². The summed E-state index contributed by atoms with van der Waals surface area (Å²) in [5.74, 6) is 2.17. The van der Waals surface area contributed by atoms with Crippen molar-refractivity contribution in [3.8, 4) is 17.5 Å². The number of anilines is 2. The Kier molecular flexibility index (Phi) is 5.70. The topological polar surface area (TPSA) is 102 Å². The van der Waals surface area contributed by atoms with Crippen LogP contribution in [0.25, 0.3) is 11.4 Å². The Hall–Kier alpha value is -3.73. The molecule has 8 nitrogen and oxygen atoms in total. The molecule has 0 spiro atoms. The molecule has 0 saturated carbocycles. The number of pyridine rings is 2. The van der Waals surface area contributed by atoms with E-state index in [0.29, 0.717) is 17.8 Å². The minimum absolute atomic E-state index is 0.153. The third kappa shape index (κ3) is 4.15. The Morgan fingerprint density at radius 2 is 1.97 bits per heavy atom. The van der Waals surface area contributed by atoms with Gasteiger partial charge in [-0.05, 0) is 37.1 Å². The summed E-state index contributed by atoms with van der Waals surface area (Å²) in [4.78, 5) is 32.5. The zero-order chi connectivity index (χ0) is 20.9. The van der Waals surface area contributed by atoms with E-state index in [1.54, 1.807) is 24.5 Å². The van der Waals surface area contributed by atoms with E-state index in [-0.39, 0.29) is 5.56 Å². The van der Waals surface area contributed by atoms with Gasteiger partial charge in [-0.1, -0.05) is 6.92 Å². The summed E-state index contributed by atoms with van der Waals surface area (Å²) in [6, 6.07) is 11.2. The summed E-state index contributed by atoms with van der Waals surface area (Å²) < 4.78 is 0. The first-order valence-electron chi connectivity index (χ1n) is 10.1. The number of aryl methyl sites for hydroxylation is 1. The summed E-state index contributed by atoms with van der Waals surface area (Å²) in [7, 11) is 0. The summed E-state index contributed by atoms with van der Waals surface area (Å²) in [5.41, 5.74) is 2.00. The first-order chi connectivity index (χ1) is 14.7. The molecule has 0 bridgehead atoms. The highest BCUT2D eigenvalue weighted by molar-refractivity contribution is 5.57. The lowest BCUT2D eigenvalue weighted by molar-refractivity contribution is 0.793. The van der Waals surface area contributed by atoms with Crippen LogP contribution in [0.2, 0.25) is 0 Å². The van der Waals surface area contributed by atoms with E-state index in [9.17, 15) is 10.1 Å². The van der Waals surface area contributed by atoms with E-state index in [2.05, 4.69) is 35.8 Å². The van der Waals surface area contributed by atoms with Gasteiger partial charge in [0.05, 0.1) is 5.56 Å². The van der Waals surface area contributed by atoms with Crippen molar-refractivity contribution in [1.29, 1.82) is 5.26 Å². The average molecular weight is 401 g/mol. The SMILES string of the molecule is CCc1cc(=O)[nH]c(-c2ccc(N3CCCN(c4ncccc4C#N)CC3)nc2)n1. The highest BCUT2D eigenvalue weighted by Crippen LogP contribution is 2.22. The number of hydrogen-bond acceptors (Lipinski definition) is 7. The third-order valence-electron chi connectivity index (χ3n) is 5.20. The van der Waals surface area contributed by atoms with Crippen molar-refractivity contribution >= 4 is 11.6 Å². The van der Waals surface area contributed by atoms with Crippen LogP contribution in [0.4, 0.5) is 11.6 Å². The zero-order valence-corrected chi connectivity index (χ0v) is 16.9. The van der Waals surface area contributed by atoms with Gasteiger partial charge in [-0.15, -0.1) is 0 Å². The summed E-state index contributed by atoms with van der Waals surface area (Å²) in [5, 5.41) is 9.36. The van der Waals surface area contributed by atoms with Crippen molar-refractivity contribution in [2.45, 2.75) is 19.8 Å². The molecule has 0 unspecified atom stereocenters. The molecule has 4 rings (SSSR count). The molecule has 8 heteroatoms. The number of aromatic nitrogens is 4. The molecule has 0 aromatic carbocycles. The van der Waals surface area contributed by atoms with Crippen molar-refractivity contribution in [2.75, 3.05) is 36.0 Å². The molecule has 0 amide bonds. The number of H-pyrrole nitrogens is 1. The molecule has 1 fully saturated rings. The third-order valence-corrected chi connectivity index (χ3v) is 5.20. The molecule has 152 valence electrons. The van der Waals surface area contributed by atoms with Crippen LogP contribution in [0.5, 0.6) is 0 Å². The van der Waals surface area contributed by atoms with Gasteiger partial charge in [0, 0.05) is 55.9 Å². The minimum atomic E-state index is -0.153. The molecule has 3 aromatic heterocycles. The standard InChI is InChI=1S/C22H23N7O/c1-2-18-13-20(30)27-21(26-18)17-6-7-19(25-15-17)28-9-4-10-29(12-11-28)22-16(14-23)5-3-8-24-22/h3,5-8,13,15H,2,4,9-12H2,1H3,(H,26,27,30). The van der Waals surface area contributed by atoms with E-state index in [4.69, 9.17) is 0 Å². The average Bonchev–Trinajstić information content (AvgIpc) is 3.05. The Labute approximate surface area is 174 Å². The van der Waals surface area contributed by atoms with Crippen LogP contribution in [0.1, 0.15) is 24.6 Å². The van der Waals surface area contributed by atoms with Crippen molar-refractivity contribution in [3.63, 3.8) is 0 Å². The Bertz CT molecular complexity index is 1120. The number of aromatic amines is 1. The van der Waals surface area contributed by atoms with Crippen molar-refractivity contribution in [1.82, 2.24) is 19.9 Å². The number of nitriles is 1. The van der Waals surface area contributed by atoms with Crippen molar-refractivity contribution in [3.05, 3.63) is 64.3 Å². The van der Waals surface area contributed by atoms with Gasteiger partial charge in [-0.3, -0.25) is 4.79 Å². The van der Waals surface area contributed by atoms with Gasteiger partial charge in [-0.2, -0.15) is 5.26 Å². The van der Waals surface area contributed by atoms with Gasteiger partial charge in [0.15, 0.2) is 0 Å². The molecule has 0 aliphatic carbocycles. The predicted octanol–water partition coefficient (Wildman–Crippen LogP) is 2.38. The maximum atomic E-state index is 11.8. The van der Waals surface area contributed by atoms with Crippen LogP contribution in [0, 0.1) is 11.3 Å². The molecule has 0 atom stereocenters. The van der Waals surface area contributed by atoms with E-state index in [1.807, 2.05) is 19.1 Å². The second-order valence-electron chi connectivity index (χ2n) is 7.16. The maximum Gasteiger partial charge on any atom is 0.251 e. The molecule has 1 N–H and O–H groups in total. The molecular formula is C22H23N7O. The van der Waals surface area contributed by atoms with E-state index < -0.39 is 0 Å². The second-order valence-corrected chi connectivity index (χ2v) is 7.16. The van der Waals surface area contributed by atoms with Crippen LogP contribution in [-0.2, 0) is 6.42 Å². The Morgan fingerprint density at radius 1 is 1.13 bits per heavy atom.